The van der Waals surface area contributed by atoms with Crippen molar-refractivity contribution >= 4 is 28.2 Å². The molecule has 0 radical (unpaired) electrons. The molecule has 1 N–H and O–H groups in total. The van der Waals surface area contributed by atoms with Gasteiger partial charge < -0.3 is 10.1 Å². The predicted octanol–water partition coefficient (Wildman–Crippen LogP) is 3.73. The number of amides is 1. The lowest BCUT2D eigenvalue weighted by atomic mass is 9.64. The molecule has 0 saturated heterocycles. The van der Waals surface area contributed by atoms with Crippen LogP contribution in [0, 0.1) is 5.82 Å². The van der Waals surface area contributed by atoms with Gasteiger partial charge in [-0.2, -0.15) is 0 Å². The number of carbonyl (C=O) groups is 2. The van der Waals surface area contributed by atoms with Crippen LogP contribution in [-0.2, 0) is 14.9 Å². The molecule has 1 aromatic heterocycles. The number of hydrogen-bond acceptors (Lipinski definition) is 4. The zero-order chi connectivity index (χ0) is 16.4. The number of halogens is 1. The van der Waals surface area contributed by atoms with Crippen molar-refractivity contribution in [3.05, 3.63) is 52.7 Å². The van der Waals surface area contributed by atoms with Crippen LogP contribution in [0.15, 0.2) is 36.4 Å². The number of anilines is 1. The molecule has 23 heavy (non-hydrogen) atoms. The van der Waals surface area contributed by atoms with Gasteiger partial charge in [0, 0.05) is 0 Å². The molecule has 120 valence electrons. The summed E-state index contributed by atoms with van der Waals surface area (Å²) in [4.78, 5) is 24.6. The molecular formula is C17H16FNO3S. The fraction of sp³-hybridized carbons (Fsp3) is 0.294. The van der Waals surface area contributed by atoms with Crippen LogP contribution in [0.2, 0.25) is 0 Å². The van der Waals surface area contributed by atoms with E-state index < -0.39 is 11.4 Å². The SMILES string of the molecule is COC(=O)c1ccc(NC(=O)C2(c3cccc(F)c3)CCC2)s1. The molecule has 0 unspecified atom stereocenters. The van der Waals surface area contributed by atoms with Gasteiger partial charge in [0.05, 0.1) is 17.5 Å². The highest BCUT2D eigenvalue weighted by molar-refractivity contribution is 7.18. The van der Waals surface area contributed by atoms with E-state index in [-0.39, 0.29) is 11.7 Å². The molecule has 0 spiro atoms. The van der Waals surface area contributed by atoms with Crippen molar-refractivity contribution < 1.29 is 18.7 Å². The topological polar surface area (TPSA) is 55.4 Å². The van der Waals surface area contributed by atoms with E-state index in [1.165, 1.54) is 19.2 Å². The zero-order valence-corrected chi connectivity index (χ0v) is 13.4. The molecule has 1 heterocycles. The van der Waals surface area contributed by atoms with E-state index in [0.29, 0.717) is 28.3 Å². The maximum atomic E-state index is 13.5. The summed E-state index contributed by atoms with van der Waals surface area (Å²) in [7, 11) is 1.31. The van der Waals surface area contributed by atoms with Crippen molar-refractivity contribution in [3.63, 3.8) is 0 Å². The third kappa shape index (κ3) is 2.86. The second-order valence-electron chi connectivity index (χ2n) is 5.56. The van der Waals surface area contributed by atoms with Crippen LogP contribution in [0.1, 0.15) is 34.5 Å². The summed E-state index contributed by atoms with van der Waals surface area (Å²) in [5.74, 6) is -0.933. The van der Waals surface area contributed by atoms with E-state index in [9.17, 15) is 14.0 Å². The molecule has 1 fully saturated rings. The van der Waals surface area contributed by atoms with E-state index in [2.05, 4.69) is 10.1 Å². The predicted molar refractivity (Wildman–Crippen MR) is 86.2 cm³/mol. The molecule has 1 saturated carbocycles. The smallest absolute Gasteiger partial charge is 0.348 e. The molecular weight excluding hydrogens is 317 g/mol. The van der Waals surface area contributed by atoms with Gasteiger partial charge in [0.25, 0.3) is 0 Å². The fourth-order valence-corrected chi connectivity index (χ4v) is 3.63. The van der Waals surface area contributed by atoms with E-state index in [1.807, 2.05) is 0 Å². The molecule has 1 aromatic carbocycles. The highest BCUT2D eigenvalue weighted by atomic mass is 32.1. The van der Waals surface area contributed by atoms with E-state index in [1.54, 1.807) is 24.3 Å². The number of esters is 1. The minimum Gasteiger partial charge on any atom is -0.465 e. The van der Waals surface area contributed by atoms with Crippen LogP contribution in [0.4, 0.5) is 9.39 Å². The first-order chi connectivity index (χ1) is 11.0. The first-order valence-corrected chi connectivity index (χ1v) is 8.12. The van der Waals surface area contributed by atoms with Crippen LogP contribution in [-0.4, -0.2) is 19.0 Å². The Balaban J connectivity index is 1.81. The lowest BCUT2D eigenvalue weighted by molar-refractivity contribution is -0.124. The van der Waals surface area contributed by atoms with E-state index in [0.717, 1.165) is 17.8 Å². The van der Waals surface area contributed by atoms with Crippen LogP contribution in [0.5, 0.6) is 0 Å². The highest BCUT2D eigenvalue weighted by Crippen LogP contribution is 2.45. The van der Waals surface area contributed by atoms with Crippen LogP contribution < -0.4 is 5.32 Å². The highest BCUT2D eigenvalue weighted by Gasteiger charge is 2.45. The quantitative estimate of drug-likeness (QED) is 0.867. The standard InChI is InChI=1S/C17H16FNO3S/c1-22-15(20)13-6-7-14(23-13)19-16(21)17(8-3-9-17)11-4-2-5-12(18)10-11/h2,4-7,10H,3,8-9H2,1H3,(H,19,21). The summed E-state index contributed by atoms with van der Waals surface area (Å²) in [5, 5.41) is 3.43. The van der Waals surface area contributed by atoms with Gasteiger partial charge >= 0.3 is 5.97 Å². The number of thiophene rings is 1. The first kappa shape index (κ1) is 15.7. The Morgan fingerprint density at radius 2 is 2.04 bits per heavy atom. The van der Waals surface area contributed by atoms with Crippen molar-refractivity contribution in [3.8, 4) is 0 Å². The van der Waals surface area contributed by atoms with Gasteiger partial charge in [0.2, 0.25) is 5.91 Å². The van der Waals surface area contributed by atoms with Crippen molar-refractivity contribution in [2.24, 2.45) is 0 Å². The van der Waals surface area contributed by atoms with Crippen molar-refractivity contribution in [1.29, 1.82) is 0 Å². The summed E-state index contributed by atoms with van der Waals surface area (Å²) in [6, 6.07) is 9.49. The lowest BCUT2D eigenvalue weighted by Gasteiger charge is -2.40. The number of nitrogens with one attached hydrogen (secondary N) is 1. The number of methoxy groups -OCH3 is 1. The Morgan fingerprint density at radius 1 is 1.26 bits per heavy atom. The van der Waals surface area contributed by atoms with E-state index in [4.69, 9.17) is 0 Å². The normalized spacial score (nSPS) is 15.6. The lowest BCUT2D eigenvalue weighted by Crippen LogP contribution is -2.45. The molecule has 0 atom stereocenters. The summed E-state index contributed by atoms with van der Waals surface area (Å²) >= 11 is 1.16. The molecule has 1 aliphatic rings. The average molecular weight is 333 g/mol. The molecule has 0 aliphatic heterocycles. The molecule has 3 rings (SSSR count). The number of benzene rings is 1. The van der Waals surface area contributed by atoms with Gasteiger partial charge in [-0.1, -0.05) is 18.6 Å². The zero-order valence-electron chi connectivity index (χ0n) is 12.6. The Bertz CT molecular complexity index is 752. The van der Waals surface area contributed by atoms with Crippen LogP contribution >= 0.6 is 11.3 Å². The van der Waals surface area contributed by atoms with Crippen molar-refractivity contribution in [2.45, 2.75) is 24.7 Å². The summed E-state index contributed by atoms with van der Waals surface area (Å²) in [5.41, 5.74) is 0.0170. The summed E-state index contributed by atoms with van der Waals surface area (Å²) < 4.78 is 18.2. The summed E-state index contributed by atoms with van der Waals surface area (Å²) in [6.07, 6.45) is 2.32. The monoisotopic (exact) mass is 333 g/mol. The Hall–Kier alpha value is -2.21. The second kappa shape index (κ2) is 6.12. The molecule has 4 nitrogen and oxygen atoms in total. The number of hydrogen-bond donors (Lipinski definition) is 1. The Kier molecular flexibility index (Phi) is 4.17. The van der Waals surface area contributed by atoms with Gasteiger partial charge in [-0.05, 0) is 42.7 Å². The van der Waals surface area contributed by atoms with Crippen LogP contribution in [0.25, 0.3) is 0 Å². The number of ether oxygens (including phenoxy) is 1. The minimum atomic E-state index is -0.683. The van der Waals surface area contributed by atoms with E-state index >= 15 is 0 Å². The third-order valence-electron chi connectivity index (χ3n) is 4.25. The van der Waals surface area contributed by atoms with Gasteiger partial charge in [-0.15, -0.1) is 11.3 Å². The Labute approximate surface area is 137 Å². The van der Waals surface area contributed by atoms with Crippen molar-refractivity contribution in [2.75, 3.05) is 12.4 Å². The second-order valence-corrected chi connectivity index (χ2v) is 6.64. The maximum absolute atomic E-state index is 13.5. The molecule has 6 heteroatoms. The van der Waals surface area contributed by atoms with Gasteiger partial charge in [-0.3, -0.25) is 4.79 Å². The van der Waals surface area contributed by atoms with Crippen LogP contribution in [0.3, 0.4) is 0 Å². The maximum Gasteiger partial charge on any atom is 0.348 e. The van der Waals surface area contributed by atoms with Gasteiger partial charge in [0.15, 0.2) is 0 Å². The van der Waals surface area contributed by atoms with Crippen molar-refractivity contribution in [1.82, 2.24) is 0 Å². The number of rotatable bonds is 4. The molecule has 2 aromatic rings. The average Bonchev–Trinajstić information content (AvgIpc) is 2.94. The van der Waals surface area contributed by atoms with Gasteiger partial charge in [0.1, 0.15) is 10.7 Å². The van der Waals surface area contributed by atoms with Gasteiger partial charge in [-0.25, -0.2) is 9.18 Å². The fourth-order valence-electron chi connectivity index (χ4n) is 2.81. The minimum absolute atomic E-state index is 0.160. The molecule has 1 amide bonds. The first-order valence-electron chi connectivity index (χ1n) is 7.31. The Morgan fingerprint density at radius 3 is 2.65 bits per heavy atom. The largest absolute Gasteiger partial charge is 0.465 e. The third-order valence-corrected chi connectivity index (χ3v) is 5.23. The number of carbonyl (C=O) groups excluding carboxylic acids is 2. The molecule has 0 bridgehead atoms. The molecule has 1 aliphatic carbocycles. The summed E-state index contributed by atoms with van der Waals surface area (Å²) in [6.45, 7) is 0.